The van der Waals surface area contributed by atoms with Gasteiger partial charge in [-0.25, -0.2) is 4.68 Å². The van der Waals surface area contributed by atoms with Crippen LogP contribution in [0.3, 0.4) is 0 Å². The molecule has 0 aliphatic carbocycles. The van der Waals surface area contributed by atoms with Crippen LogP contribution in [0.5, 0.6) is 0 Å². The number of hydrogen-bond donors (Lipinski definition) is 2. The van der Waals surface area contributed by atoms with Gasteiger partial charge in [0.2, 0.25) is 5.91 Å². The zero-order chi connectivity index (χ0) is 15.4. The second-order valence-electron chi connectivity index (χ2n) is 4.51. The topological polar surface area (TPSA) is 103 Å². The molecule has 2 amide bonds. The Labute approximate surface area is 126 Å². The van der Waals surface area contributed by atoms with Crippen molar-refractivity contribution in [2.24, 2.45) is 5.73 Å². The van der Waals surface area contributed by atoms with Gasteiger partial charge in [0.1, 0.15) is 6.54 Å². The van der Waals surface area contributed by atoms with Crippen molar-refractivity contribution >= 4 is 23.4 Å². The number of nitrogens with two attached hydrogens (primary N) is 1. The number of benzene rings is 1. The normalized spacial score (nSPS) is 12.0. The molecule has 1 unspecified atom stereocenters. The summed E-state index contributed by atoms with van der Waals surface area (Å²) in [6, 6.07) is 5.96. The fourth-order valence-electron chi connectivity index (χ4n) is 1.59. The van der Waals surface area contributed by atoms with Gasteiger partial charge in [0.05, 0.1) is 11.9 Å². The van der Waals surface area contributed by atoms with E-state index in [9.17, 15) is 9.59 Å². The summed E-state index contributed by atoms with van der Waals surface area (Å²) in [4.78, 5) is 23.6. The minimum atomic E-state index is -0.496. The molecule has 0 saturated carbocycles. The van der Waals surface area contributed by atoms with Gasteiger partial charge >= 0.3 is 0 Å². The Morgan fingerprint density at radius 3 is 2.62 bits per heavy atom. The van der Waals surface area contributed by atoms with E-state index in [-0.39, 0.29) is 12.6 Å². The van der Waals surface area contributed by atoms with Crippen molar-refractivity contribution < 1.29 is 9.59 Å². The molecule has 110 valence electrons. The van der Waals surface area contributed by atoms with Gasteiger partial charge in [0, 0.05) is 16.6 Å². The SMILES string of the molecule is CC(N)c1cn(CC(=O)NC(=O)c2ccc(Cl)cc2)nn1. The van der Waals surface area contributed by atoms with E-state index in [1.54, 1.807) is 25.3 Å². The van der Waals surface area contributed by atoms with Gasteiger partial charge in [-0.3, -0.25) is 14.9 Å². The molecular weight excluding hydrogens is 294 g/mol. The van der Waals surface area contributed by atoms with Gasteiger partial charge in [0.15, 0.2) is 0 Å². The Morgan fingerprint density at radius 2 is 2.05 bits per heavy atom. The molecule has 21 heavy (non-hydrogen) atoms. The van der Waals surface area contributed by atoms with E-state index in [4.69, 9.17) is 17.3 Å². The van der Waals surface area contributed by atoms with Crippen molar-refractivity contribution in [2.45, 2.75) is 19.5 Å². The number of nitrogens with zero attached hydrogens (tertiary/aromatic N) is 3. The highest BCUT2D eigenvalue weighted by Gasteiger charge is 2.12. The van der Waals surface area contributed by atoms with E-state index in [0.29, 0.717) is 16.3 Å². The molecule has 0 bridgehead atoms. The standard InChI is InChI=1S/C13H14ClN5O2/c1-8(15)11-6-19(18-17-11)7-12(20)16-13(21)9-2-4-10(14)5-3-9/h2-6,8H,7,15H2,1H3,(H,16,20,21). The molecule has 7 nitrogen and oxygen atoms in total. The van der Waals surface area contributed by atoms with Gasteiger partial charge in [-0.05, 0) is 31.2 Å². The number of halogens is 1. The molecule has 1 atom stereocenters. The first kappa shape index (κ1) is 15.1. The van der Waals surface area contributed by atoms with Crippen LogP contribution in [0.2, 0.25) is 5.02 Å². The Hall–Kier alpha value is -2.25. The highest BCUT2D eigenvalue weighted by atomic mass is 35.5. The Balaban J connectivity index is 1.94. The number of rotatable bonds is 4. The van der Waals surface area contributed by atoms with Crippen LogP contribution in [0.25, 0.3) is 0 Å². The minimum absolute atomic E-state index is 0.112. The predicted molar refractivity (Wildman–Crippen MR) is 76.5 cm³/mol. The van der Waals surface area contributed by atoms with Crippen LogP contribution in [-0.4, -0.2) is 26.8 Å². The number of carbonyl (C=O) groups is 2. The summed E-state index contributed by atoms with van der Waals surface area (Å²) in [5.41, 5.74) is 6.57. The first-order valence-corrected chi connectivity index (χ1v) is 6.59. The molecule has 3 N–H and O–H groups in total. The summed E-state index contributed by atoms with van der Waals surface area (Å²) >= 11 is 5.73. The van der Waals surface area contributed by atoms with E-state index < -0.39 is 11.8 Å². The number of imide groups is 1. The Kier molecular flexibility index (Phi) is 4.66. The number of nitrogens with one attached hydrogen (secondary N) is 1. The summed E-state index contributed by atoms with van der Waals surface area (Å²) in [7, 11) is 0. The third kappa shape index (κ3) is 4.11. The van der Waals surface area contributed by atoms with Gasteiger partial charge in [-0.2, -0.15) is 0 Å². The molecule has 0 radical (unpaired) electrons. The monoisotopic (exact) mass is 307 g/mol. The molecule has 0 fully saturated rings. The quantitative estimate of drug-likeness (QED) is 0.874. The second-order valence-corrected chi connectivity index (χ2v) is 4.95. The zero-order valence-electron chi connectivity index (χ0n) is 11.3. The highest BCUT2D eigenvalue weighted by molar-refractivity contribution is 6.30. The number of hydrogen-bond acceptors (Lipinski definition) is 5. The smallest absolute Gasteiger partial charge is 0.257 e. The average molecular weight is 308 g/mol. The molecule has 8 heteroatoms. The van der Waals surface area contributed by atoms with Crippen molar-refractivity contribution in [1.82, 2.24) is 20.3 Å². The first-order chi connectivity index (χ1) is 9.95. The van der Waals surface area contributed by atoms with Crippen LogP contribution in [-0.2, 0) is 11.3 Å². The maximum atomic E-state index is 11.8. The Bertz CT molecular complexity index is 651. The first-order valence-electron chi connectivity index (χ1n) is 6.21. The van der Waals surface area contributed by atoms with Crippen LogP contribution in [0.1, 0.15) is 29.0 Å². The fourth-order valence-corrected chi connectivity index (χ4v) is 1.71. The number of carbonyl (C=O) groups excluding carboxylic acids is 2. The average Bonchev–Trinajstić information content (AvgIpc) is 2.87. The summed E-state index contributed by atoms with van der Waals surface area (Å²) in [5, 5.41) is 10.4. The molecule has 0 aliphatic rings. The van der Waals surface area contributed by atoms with Crippen LogP contribution in [0.15, 0.2) is 30.5 Å². The predicted octanol–water partition coefficient (Wildman–Crippen LogP) is 0.908. The maximum Gasteiger partial charge on any atom is 0.257 e. The van der Waals surface area contributed by atoms with Crippen molar-refractivity contribution in [3.05, 3.63) is 46.7 Å². The lowest BCUT2D eigenvalue weighted by atomic mass is 10.2. The van der Waals surface area contributed by atoms with Gasteiger partial charge in [0.25, 0.3) is 5.91 Å². The van der Waals surface area contributed by atoms with E-state index >= 15 is 0 Å². The van der Waals surface area contributed by atoms with Gasteiger partial charge < -0.3 is 5.73 Å². The minimum Gasteiger partial charge on any atom is -0.323 e. The van der Waals surface area contributed by atoms with Crippen molar-refractivity contribution in [2.75, 3.05) is 0 Å². The number of aromatic nitrogens is 3. The van der Waals surface area contributed by atoms with Crippen LogP contribution in [0.4, 0.5) is 0 Å². The van der Waals surface area contributed by atoms with Gasteiger partial charge in [-0.1, -0.05) is 16.8 Å². The summed E-state index contributed by atoms with van der Waals surface area (Å²) in [6.45, 7) is 1.65. The molecule has 1 aromatic heterocycles. The molecule has 0 aliphatic heterocycles. The molecule has 2 rings (SSSR count). The molecule has 0 saturated heterocycles. The fraction of sp³-hybridized carbons (Fsp3) is 0.231. The van der Waals surface area contributed by atoms with Crippen molar-refractivity contribution in [1.29, 1.82) is 0 Å². The number of amides is 2. The summed E-state index contributed by atoms with van der Waals surface area (Å²) in [5.74, 6) is -0.986. The largest absolute Gasteiger partial charge is 0.323 e. The van der Waals surface area contributed by atoms with Gasteiger partial charge in [-0.15, -0.1) is 5.10 Å². The summed E-state index contributed by atoms with van der Waals surface area (Å²) < 4.78 is 1.32. The second kappa shape index (κ2) is 6.47. The molecule has 1 heterocycles. The lowest BCUT2D eigenvalue weighted by molar-refractivity contribution is -0.120. The highest BCUT2D eigenvalue weighted by Crippen LogP contribution is 2.09. The molecule has 1 aromatic carbocycles. The van der Waals surface area contributed by atoms with Crippen LogP contribution >= 0.6 is 11.6 Å². The maximum absolute atomic E-state index is 11.8. The molecular formula is C13H14ClN5O2. The van der Waals surface area contributed by atoms with E-state index in [1.165, 1.54) is 16.8 Å². The lowest BCUT2D eigenvalue weighted by Crippen LogP contribution is -2.33. The van der Waals surface area contributed by atoms with E-state index in [0.717, 1.165) is 0 Å². The molecule has 2 aromatic rings. The van der Waals surface area contributed by atoms with Crippen LogP contribution < -0.4 is 11.1 Å². The van der Waals surface area contributed by atoms with Crippen molar-refractivity contribution in [3.8, 4) is 0 Å². The van der Waals surface area contributed by atoms with E-state index in [2.05, 4.69) is 15.6 Å². The van der Waals surface area contributed by atoms with E-state index in [1.807, 2.05) is 0 Å². The summed E-state index contributed by atoms with van der Waals surface area (Å²) in [6.07, 6.45) is 1.57. The van der Waals surface area contributed by atoms with Crippen molar-refractivity contribution in [3.63, 3.8) is 0 Å². The van der Waals surface area contributed by atoms with Crippen LogP contribution in [0, 0.1) is 0 Å². The lowest BCUT2D eigenvalue weighted by Gasteiger charge is -2.04. The third-order valence-electron chi connectivity index (χ3n) is 2.69. The molecule has 0 spiro atoms. The zero-order valence-corrected chi connectivity index (χ0v) is 12.0. The Morgan fingerprint density at radius 1 is 1.38 bits per heavy atom. The third-order valence-corrected chi connectivity index (χ3v) is 2.94.